The molecule has 1 atom stereocenters. The second-order valence-corrected chi connectivity index (χ2v) is 6.50. The van der Waals surface area contributed by atoms with Crippen molar-refractivity contribution in [2.24, 2.45) is 0 Å². The zero-order valence-electron chi connectivity index (χ0n) is 13.6. The summed E-state index contributed by atoms with van der Waals surface area (Å²) in [5, 5.41) is 8.53. The van der Waals surface area contributed by atoms with Crippen molar-refractivity contribution in [2.75, 3.05) is 7.11 Å². The number of hydrogen-bond acceptors (Lipinski definition) is 3. The predicted octanol–water partition coefficient (Wildman–Crippen LogP) is 3.56. The van der Waals surface area contributed by atoms with E-state index in [1.807, 2.05) is 18.4 Å². The number of halogens is 2. The smallest absolute Gasteiger partial charge is 0.164 e. The molecule has 0 fully saturated rings. The molecular weight excluding hydrogens is 300 g/mol. The Morgan fingerprint density at radius 3 is 2.78 bits per heavy atom. The van der Waals surface area contributed by atoms with E-state index in [1.165, 1.54) is 0 Å². The Balaban J connectivity index is 2.00. The molecule has 124 valence electrons. The Kier molecular flexibility index (Phi) is 4.19. The van der Waals surface area contributed by atoms with Crippen LogP contribution < -0.4 is 0 Å². The van der Waals surface area contributed by atoms with Gasteiger partial charge in [0, 0.05) is 26.0 Å². The van der Waals surface area contributed by atoms with Gasteiger partial charge in [0.25, 0.3) is 0 Å². The van der Waals surface area contributed by atoms with Gasteiger partial charge in [-0.3, -0.25) is 0 Å². The summed E-state index contributed by atoms with van der Waals surface area (Å²) < 4.78 is 35.3. The van der Waals surface area contributed by atoms with E-state index in [2.05, 4.69) is 10.2 Å². The van der Waals surface area contributed by atoms with Crippen LogP contribution in [-0.2, 0) is 23.3 Å². The number of aryl methyl sites for hydroxylation is 1. The molecule has 1 aromatic carbocycles. The number of methoxy groups -OCH3 is 1. The van der Waals surface area contributed by atoms with Crippen molar-refractivity contribution in [2.45, 2.75) is 51.2 Å². The van der Waals surface area contributed by atoms with E-state index in [4.69, 9.17) is 4.74 Å². The minimum atomic E-state index is -0.798. The van der Waals surface area contributed by atoms with Crippen LogP contribution in [0, 0.1) is 11.6 Å². The summed E-state index contributed by atoms with van der Waals surface area (Å²) in [6, 6.07) is 4.38. The monoisotopic (exact) mass is 321 g/mol. The predicted molar refractivity (Wildman–Crippen MR) is 82.1 cm³/mol. The third-order valence-corrected chi connectivity index (χ3v) is 4.65. The van der Waals surface area contributed by atoms with Gasteiger partial charge in [-0.25, -0.2) is 8.78 Å². The number of benzene rings is 1. The van der Waals surface area contributed by atoms with E-state index in [0.29, 0.717) is 12.1 Å². The first-order valence-corrected chi connectivity index (χ1v) is 7.85. The van der Waals surface area contributed by atoms with Crippen LogP contribution in [0.5, 0.6) is 0 Å². The molecule has 2 heterocycles. The normalized spacial score (nSPS) is 18.6. The van der Waals surface area contributed by atoms with Gasteiger partial charge >= 0.3 is 0 Å². The molecule has 6 heteroatoms. The van der Waals surface area contributed by atoms with E-state index in [-0.39, 0.29) is 5.92 Å². The molecule has 0 amide bonds. The van der Waals surface area contributed by atoms with Gasteiger partial charge in [0.1, 0.15) is 11.4 Å². The third kappa shape index (κ3) is 2.87. The van der Waals surface area contributed by atoms with Crippen LogP contribution in [0.15, 0.2) is 18.2 Å². The van der Waals surface area contributed by atoms with E-state index in [0.717, 1.165) is 37.0 Å². The Morgan fingerprint density at radius 2 is 2.04 bits per heavy atom. The number of rotatable bonds is 3. The molecule has 1 unspecified atom stereocenters. The molecule has 1 aromatic heterocycles. The maximum atomic E-state index is 14.2. The SMILES string of the molecule is COC(C)(C)c1nnc2n1CC(c1cccc(F)c1F)CCC2. The number of ether oxygens (including phenoxy) is 1. The topological polar surface area (TPSA) is 39.9 Å². The van der Waals surface area contributed by atoms with Gasteiger partial charge in [-0.05, 0) is 38.3 Å². The molecule has 0 saturated heterocycles. The Bertz CT molecular complexity index is 712. The molecule has 23 heavy (non-hydrogen) atoms. The molecule has 4 nitrogen and oxygen atoms in total. The molecule has 0 aliphatic carbocycles. The first-order chi connectivity index (χ1) is 10.9. The molecule has 0 spiro atoms. The molecule has 0 radical (unpaired) electrons. The molecule has 2 aromatic rings. The van der Waals surface area contributed by atoms with Gasteiger partial charge in [0.15, 0.2) is 17.5 Å². The molecular formula is C17H21F2N3O. The van der Waals surface area contributed by atoms with Crippen molar-refractivity contribution in [1.82, 2.24) is 14.8 Å². The van der Waals surface area contributed by atoms with E-state index >= 15 is 0 Å². The van der Waals surface area contributed by atoms with E-state index < -0.39 is 17.2 Å². The van der Waals surface area contributed by atoms with Gasteiger partial charge < -0.3 is 9.30 Å². The second kappa shape index (κ2) is 6.00. The van der Waals surface area contributed by atoms with Gasteiger partial charge in [0.2, 0.25) is 0 Å². The van der Waals surface area contributed by atoms with Gasteiger partial charge in [-0.15, -0.1) is 10.2 Å². The lowest BCUT2D eigenvalue weighted by molar-refractivity contribution is 0.00789. The van der Waals surface area contributed by atoms with Crippen molar-refractivity contribution in [1.29, 1.82) is 0 Å². The zero-order chi connectivity index (χ0) is 16.6. The summed E-state index contributed by atoms with van der Waals surface area (Å²) in [6.45, 7) is 4.38. The van der Waals surface area contributed by atoms with E-state index in [1.54, 1.807) is 19.2 Å². The first kappa shape index (κ1) is 16.1. The highest BCUT2D eigenvalue weighted by Gasteiger charge is 2.31. The van der Waals surface area contributed by atoms with Crippen molar-refractivity contribution < 1.29 is 13.5 Å². The van der Waals surface area contributed by atoms with Crippen molar-refractivity contribution in [3.05, 3.63) is 47.0 Å². The van der Waals surface area contributed by atoms with Crippen LogP contribution in [0.25, 0.3) is 0 Å². The van der Waals surface area contributed by atoms with Crippen molar-refractivity contribution >= 4 is 0 Å². The largest absolute Gasteiger partial charge is 0.371 e. The standard InChI is InChI=1S/C17H21F2N3O/c1-17(2,23-3)16-21-20-14-9-4-6-11(10-22(14)16)12-7-5-8-13(18)15(12)19/h5,7-8,11H,4,6,9-10H2,1-3H3. The molecule has 3 rings (SSSR count). The summed E-state index contributed by atoms with van der Waals surface area (Å²) in [5.74, 6) is -0.0488. The van der Waals surface area contributed by atoms with Crippen LogP contribution in [0.3, 0.4) is 0 Å². The molecule has 1 aliphatic heterocycles. The molecule has 0 bridgehead atoms. The summed E-state index contributed by atoms with van der Waals surface area (Å²) in [4.78, 5) is 0. The van der Waals surface area contributed by atoms with Gasteiger partial charge in [-0.1, -0.05) is 12.1 Å². The lowest BCUT2D eigenvalue weighted by Crippen LogP contribution is -2.26. The summed E-state index contributed by atoms with van der Waals surface area (Å²) in [5.41, 5.74) is -0.159. The van der Waals surface area contributed by atoms with Crippen LogP contribution in [-0.4, -0.2) is 21.9 Å². The summed E-state index contributed by atoms with van der Waals surface area (Å²) in [6.07, 6.45) is 2.43. The maximum Gasteiger partial charge on any atom is 0.164 e. The Morgan fingerprint density at radius 1 is 1.26 bits per heavy atom. The number of hydrogen-bond donors (Lipinski definition) is 0. The molecule has 0 N–H and O–H groups in total. The van der Waals surface area contributed by atoms with E-state index in [9.17, 15) is 8.78 Å². The van der Waals surface area contributed by atoms with Crippen LogP contribution in [0.4, 0.5) is 8.78 Å². The highest BCUT2D eigenvalue weighted by molar-refractivity contribution is 5.24. The molecule has 1 aliphatic rings. The summed E-state index contributed by atoms with van der Waals surface area (Å²) in [7, 11) is 1.63. The zero-order valence-corrected chi connectivity index (χ0v) is 13.6. The summed E-state index contributed by atoms with van der Waals surface area (Å²) >= 11 is 0. The van der Waals surface area contributed by atoms with Gasteiger partial charge in [-0.2, -0.15) is 0 Å². The van der Waals surface area contributed by atoms with Crippen molar-refractivity contribution in [3.63, 3.8) is 0 Å². The lowest BCUT2D eigenvalue weighted by Gasteiger charge is -2.25. The number of fused-ring (bicyclic) bond motifs is 1. The fourth-order valence-corrected chi connectivity index (χ4v) is 3.16. The van der Waals surface area contributed by atoms with Crippen LogP contribution >= 0.6 is 0 Å². The van der Waals surface area contributed by atoms with Crippen LogP contribution in [0.2, 0.25) is 0 Å². The Labute approximate surface area is 134 Å². The minimum Gasteiger partial charge on any atom is -0.371 e. The number of nitrogens with zero attached hydrogens (tertiary/aromatic N) is 3. The highest BCUT2D eigenvalue weighted by atomic mass is 19.2. The van der Waals surface area contributed by atoms with Crippen molar-refractivity contribution in [3.8, 4) is 0 Å². The number of aromatic nitrogens is 3. The fraction of sp³-hybridized carbons (Fsp3) is 0.529. The maximum absolute atomic E-state index is 14.2. The first-order valence-electron chi connectivity index (χ1n) is 7.85. The average Bonchev–Trinajstić information content (AvgIpc) is 2.82. The fourth-order valence-electron chi connectivity index (χ4n) is 3.16. The van der Waals surface area contributed by atoms with Crippen LogP contribution in [0.1, 0.15) is 49.8 Å². The third-order valence-electron chi connectivity index (χ3n) is 4.65. The average molecular weight is 321 g/mol. The Hall–Kier alpha value is -1.82. The van der Waals surface area contributed by atoms with Gasteiger partial charge in [0.05, 0.1) is 0 Å². The lowest BCUT2D eigenvalue weighted by atomic mass is 9.93. The second-order valence-electron chi connectivity index (χ2n) is 6.50. The minimum absolute atomic E-state index is 0.102. The molecule has 0 saturated carbocycles. The highest BCUT2D eigenvalue weighted by Crippen LogP contribution is 2.33. The quantitative estimate of drug-likeness (QED) is 0.868.